The number of aromatic nitrogens is 2. The second-order valence-electron chi connectivity index (χ2n) is 3.65. The van der Waals surface area contributed by atoms with E-state index in [1.54, 1.807) is 6.20 Å². The Balaban J connectivity index is 2.18. The maximum Gasteiger partial charge on any atom is 0.103 e. The zero-order valence-electron chi connectivity index (χ0n) is 9.29. The minimum absolute atomic E-state index is 0.619. The summed E-state index contributed by atoms with van der Waals surface area (Å²) in [5.74, 6) is 0. The molecule has 0 aliphatic heterocycles. The Morgan fingerprint density at radius 3 is 3.00 bits per heavy atom. The van der Waals surface area contributed by atoms with E-state index in [2.05, 4.69) is 37.5 Å². The van der Waals surface area contributed by atoms with E-state index in [4.69, 9.17) is 5.26 Å². The highest BCUT2D eigenvalue weighted by atomic mass is 79.9. The number of halogens is 1. The van der Waals surface area contributed by atoms with Crippen LogP contribution in [0.4, 0.5) is 5.69 Å². The number of aryl methyl sites for hydroxylation is 1. The van der Waals surface area contributed by atoms with Gasteiger partial charge in [-0.1, -0.05) is 6.07 Å². The lowest BCUT2D eigenvalue weighted by atomic mass is 10.2. The molecule has 0 spiro atoms. The van der Waals surface area contributed by atoms with Gasteiger partial charge in [0.25, 0.3) is 0 Å². The molecule has 1 aromatic heterocycles. The van der Waals surface area contributed by atoms with Gasteiger partial charge in [0.2, 0.25) is 0 Å². The van der Waals surface area contributed by atoms with Crippen LogP contribution in [0.3, 0.4) is 0 Å². The number of aromatic amines is 1. The number of nitrogens with zero attached hydrogens (tertiary/aromatic N) is 2. The van der Waals surface area contributed by atoms with Gasteiger partial charge in [0.15, 0.2) is 0 Å². The van der Waals surface area contributed by atoms with Crippen LogP contribution in [-0.2, 0) is 6.54 Å². The topological polar surface area (TPSA) is 64.5 Å². The van der Waals surface area contributed by atoms with E-state index >= 15 is 0 Å². The normalized spacial score (nSPS) is 9.94. The summed E-state index contributed by atoms with van der Waals surface area (Å²) in [5.41, 5.74) is 3.57. The fourth-order valence-electron chi connectivity index (χ4n) is 1.53. The van der Waals surface area contributed by atoms with Crippen LogP contribution in [0, 0.1) is 18.3 Å². The molecule has 0 aliphatic rings. The van der Waals surface area contributed by atoms with E-state index in [1.807, 2.05) is 25.1 Å². The maximum absolute atomic E-state index is 9.07. The summed E-state index contributed by atoms with van der Waals surface area (Å²) in [5, 5.41) is 19.1. The van der Waals surface area contributed by atoms with Gasteiger partial charge in [-0.2, -0.15) is 10.4 Å². The predicted molar refractivity (Wildman–Crippen MR) is 69.5 cm³/mol. The zero-order valence-corrected chi connectivity index (χ0v) is 10.9. The molecule has 0 bridgehead atoms. The Labute approximate surface area is 108 Å². The van der Waals surface area contributed by atoms with Crippen molar-refractivity contribution in [3.63, 3.8) is 0 Å². The first-order valence-corrected chi connectivity index (χ1v) is 5.93. The van der Waals surface area contributed by atoms with Gasteiger partial charge in [0.05, 0.1) is 17.4 Å². The first-order valence-electron chi connectivity index (χ1n) is 5.13. The van der Waals surface area contributed by atoms with Crippen LogP contribution in [0.15, 0.2) is 28.9 Å². The summed E-state index contributed by atoms with van der Waals surface area (Å²) < 4.78 is 0.800. The molecular formula is C12H11BrN4. The standard InChI is InChI=1S/C12H11BrN4/c1-8-9(7-16-17-8)6-15-12-4-2-3-11(13)10(12)5-14/h2-4,7,15H,6H2,1H3,(H,16,17). The van der Waals surface area contributed by atoms with Crippen LogP contribution >= 0.6 is 15.9 Å². The van der Waals surface area contributed by atoms with Crippen LogP contribution in [0.2, 0.25) is 0 Å². The summed E-state index contributed by atoms with van der Waals surface area (Å²) in [6.07, 6.45) is 1.78. The highest BCUT2D eigenvalue weighted by Gasteiger charge is 2.06. The molecule has 0 fully saturated rings. The third-order valence-electron chi connectivity index (χ3n) is 2.53. The fraction of sp³-hybridized carbons (Fsp3) is 0.167. The van der Waals surface area contributed by atoms with Crippen molar-refractivity contribution in [1.29, 1.82) is 5.26 Å². The quantitative estimate of drug-likeness (QED) is 0.913. The lowest BCUT2D eigenvalue weighted by Gasteiger charge is -2.08. The Kier molecular flexibility index (Phi) is 3.45. The Morgan fingerprint density at radius 1 is 1.53 bits per heavy atom. The van der Waals surface area contributed by atoms with Gasteiger partial charge < -0.3 is 5.32 Å². The number of nitriles is 1. The van der Waals surface area contributed by atoms with Crippen molar-refractivity contribution < 1.29 is 0 Å². The molecule has 86 valence electrons. The van der Waals surface area contributed by atoms with Crippen LogP contribution in [0.25, 0.3) is 0 Å². The maximum atomic E-state index is 9.07. The van der Waals surface area contributed by atoms with Crippen LogP contribution in [-0.4, -0.2) is 10.2 Å². The molecule has 2 rings (SSSR count). The summed E-state index contributed by atoms with van der Waals surface area (Å²) in [6, 6.07) is 7.82. The molecule has 0 radical (unpaired) electrons. The molecule has 2 N–H and O–H groups in total. The highest BCUT2D eigenvalue weighted by molar-refractivity contribution is 9.10. The third-order valence-corrected chi connectivity index (χ3v) is 3.19. The van der Waals surface area contributed by atoms with Crippen LogP contribution in [0.5, 0.6) is 0 Å². The summed E-state index contributed by atoms with van der Waals surface area (Å²) in [6.45, 7) is 2.61. The van der Waals surface area contributed by atoms with Gasteiger partial charge >= 0.3 is 0 Å². The van der Waals surface area contributed by atoms with E-state index in [9.17, 15) is 0 Å². The number of nitrogens with one attached hydrogen (secondary N) is 2. The fourth-order valence-corrected chi connectivity index (χ4v) is 1.98. The molecule has 2 aromatic rings. The monoisotopic (exact) mass is 290 g/mol. The van der Waals surface area contributed by atoms with E-state index in [-0.39, 0.29) is 0 Å². The van der Waals surface area contributed by atoms with Crippen molar-refractivity contribution in [3.8, 4) is 6.07 Å². The van der Waals surface area contributed by atoms with E-state index < -0.39 is 0 Å². The number of anilines is 1. The van der Waals surface area contributed by atoms with Gasteiger partial charge in [-0.25, -0.2) is 0 Å². The molecule has 0 unspecified atom stereocenters. The van der Waals surface area contributed by atoms with Crippen molar-refractivity contribution in [2.75, 3.05) is 5.32 Å². The molecule has 0 saturated heterocycles. The average Bonchev–Trinajstić information content (AvgIpc) is 2.72. The van der Waals surface area contributed by atoms with Gasteiger partial charge in [-0.15, -0.1) is 0 Å². The van der Waals surface area contributed by atoms with Gasteiger partial charge in [-0.05, 0) is 35.0 Å². The number of H-pyrrole nitrogens is 1. The molecule has 17 heavy (non-hydrogen) atoms. The number of hydrogen-bond donors (Lipinski definition) is 2. The Hall–Kier alpha value is -1.80. The molecule has 5 heteroatoms. The molecule has 1 heterocycles. The average molecular weight is 291 g/mol. The number of rotatable bonds is 3. The molecule has 0 saturated carbocycles. The number of benzene rings is 1. The van der Waals surface area contributed by atoms with Crippen molar-refractivity contribution in [2.24, 2.45) is 0 Å². The minimum Gasteiger partial charge on any atom is -0.380 e. The van der Waals surface area contributed by atoms with Gasteiger partial charge in [0.1, 0.15) is 6.07 Å². The molecule has 0 amide bonds. The first-order chi connectivity index (χ1) is 8.22. The second-order valence-corrected chi connectivity index (χ2v) is 4.50. The SMILES string of the molecule is Cc1[nH]ncc1CNc1cccc(Br)c1C#N. The van der Waals surface area contributed by atoms with Gasteiger partial charge in [-0.3, -0.25) is 5.10 Å². The van der Waals surface area contributed by atoms with Crippen LogP contribution in [0.1, 0.15) is 16.8 Å². The smallest absolute Gasteiger partial charge is 0.103 e. The predicted octanol–water partition coefficient (Wildman–Crippen LogP) is 2.96. The van der Waals surface area contributed by atoms with Gasteiger partial charge in [0, 0.05) is 22.3 Å². The van der Waals surface area contributed by atoms with E-state index in [0.29, 0.717) is 12.1 Å². The second kappa shape index (κ2) is 5.02. The molecule has 0 aliphatic carbocycles. The van der Waals surface area contributed by atoms with Crippen LogP contribution < -0.4 is 5.32 Å². The molecule has 4 nitrogen and oxygen atoms in total. The largest absolute Gasteiger partial charge is 0.380 e. The lowest BCUT2D eigenvalue weighted by Crippen LogP contribution is -2.02. The molecule has 0 atom stereocenters. The van der Waals surface area contributed by atoms with Crippen molar-refractivity contribution >= 4 is 21.6 Å². The third kappa shape index (κ3) is 2.48. The molecule has 1 aromatic carbocycles. The Morgan fingerprint density at radius 2 is 2.35 bits per heavy atom. The number of hydrogen-bond acceptors (Lipinski definition) is 3. The summed E-state index contributed by atoms with van der Waals surface area (Å²) in [7, 11) is 0. The van der Waals surface area contributed by atoms with Crippen molar-refractivity contribution in [2.45, 2.75) is 13.5 Å². The minimum atomic E-state index is 0.619. The Bertz CT molecular complexity index is 568. The van der Waals surface area contributed by atoms with E-state index in [1.165, 1.54) is 0 Å². The highest BCUT2D eigenvalue weighted by Crippen LogP contribution is 2.24. The summed E-state index contributed by atoms with van der Waals surface area (Å²) >= 11 is 3.36. The zero-order chi connectivity index (χ0) is 12.3. The van der Waals surface area contributed by atoms with Crippen molar-refractivity contribution in [1.82, 2.24) is 10.2 Å². The summed E-state index contributed by atoms with van der Waals surface area (Å²) in [4.78, 5) is 0. The lowest BCUT2D eigenvalue weighted by molar-refractivity contribution is 1.04. The molecular weight excluding hydrogens is 280 g/mol. The van der Waals surface area contributed by atoms with E-state index in [0.717, 1.165) is 21.4 Å². The van der Waals surface area contributed by atoms with Crippen molar-refractivity contribution in [3.05, 3.63) is 45.7 Å². The first kappa shape index (κ1) is 11.7.